The second-order valence-electron chi connectivity index (χ2n) is 7.78. The van der Waals surface area contributed by atoms with Crippen LogP contribution in [0.3, 0.4) is 0 Å². The Bertz CT molecular complexity index is 845. The van der Waals surface area contributed by atoms with E-state index in [1.807, 2.05) is 0 Å². The summed E-state index contributed by atoms with van der Waals surface area (Å²) in [5.41, 5.74) is 0.593. The minimum atomic E-state index is -0.331. The fourth-order valence-corrected chi connectivity index (χ4v) is 3.92. The topological polar surface area (TPSA) is 67.1 Å². The van der Waals surface area contributed by atoms with Crippen LogP contribution < -0.4 is 10.6 Å². The van der Waals surface area contributed by atoms with Gasteiger partial charge in [0.1, 0.15) is 11.6 Å². The molecule has 0 saturated heterocycles. The number of aliphatic imine (C=N–C) groups is 1. The molecule has 0 fully saturated rings. The normalized spacial score (nSPS) is 15.1. The van der Waals surface area contributed by atoms with E-state index in [9.17, 15) is 4.39 Å². The molecular weight excluding hydrogens is 379 g/mol. The maximum atomic E-state index is 13.3. The molecule has 3 rings (SSSR count). The third-order valence-electron chi connectivity index (χ3n) is 5.18. The number of nitrogens with zero attached hydrogens (tertiary/aromatic N) is 4. The molecule has 1 aromatic heterocycles. The average molecular weight is 407 g/mol. The van der Waals surface area contributed by atoms with E-state index in [-0.39, 0.29) is 11.2 Å². The van der Waals surface area contributed by atoms with Crippen molar-refractivity contribution < 1.29 is 4.39 Å². The first-order chi connectivity index (χ1) is 13.4. The van der Waals surface area contributed by atoms with Crippen LogP contribution in [0.2, 0.25) is 5.02 Å². The maximum Gasteiger partial charge on any atom is 0.191 e. The molecule has 0 unspecified atom stereocenters. The zero-order valence-electron chi connectivity index (χ0n) is 16.7. The van der Waals surface area contributed by atoms with Gasteiger partial charge in [-0.1, -0.05) is 37.9 Å². The summed E-state index contributed by atoms with van der Waals surface area (Å²) in [6, 6.07) is 4.52. The summed E-state index contributed by atoms with van der Waals surface area (Å²) in [4.78, 5) is 4.30. The third kappa shape index (κ3) is 4.82. The molecule has 2 aromatic rings. The molecule has 0 saturated carbocycles. The number of hydrogen-bond donors (Lipinski definition) is 2. The van der Waals surface area contributed by atoms with E-state index in [0.717, 1.165) is 36.6 Å². The van der Waals surface area contributed by atoms with Gasteiger partial charge in [-0.3, -0.25) is 4.99 Å². The van der Waals surface area contributed by atoms with E-state index in [0.29, 0.717) is 24.1 Å². The molecule has 0 aliphatic carbocycles. The summed E-state index contributed by atoms with van der Waals surface area (Å²) in [5.74, 6) is 2.35. The zero-order chi connectivity index (χ0) is 20.1. The lowest BCUT2D eigenvalue weighted by Gasteiger charge is -2.27. The number of aromatic nitrogens is 3. The molecule has 28 heavy (non-hydrogen) atoms. The minimum Gasteiger partial charge on any atom is -0.356 e. The van der Waals surface area contributed by atoms with E-state index in [4.69, 9.17) is 11.6 Å². The summed E-state index contributed by atoms with van der Waals surface area (Å²) in [6.45, 7) is 6.25. The number of guanidine groups is 1. The van der Waals surface area contributed by atoms with Gasteiger partial charge in [0.15, 0.2) is 11.8 Å². The lowest BCUT2D eigenvalue weighted by atomic mass is 9.84. The molecule has 8 heteroatoms. The van der Waals surface area contributed by atoms with E-state index >= 15 is 0 Å². The summed E-state index contributed by atoms with van der Waals surface area (Å²) < 4.78 is 15.6. The summed E-state index contributed by atoms with van der Waals surface area (Å²) in [6.07, 6.45) is 4.57. The number of halogens is 2. The Balaban J connectivity index is 1.60. The number of fused-ring (bicyclic) bond motifs is 1. The number of benzene rings is 1. The first kappa shape index (κ1) is 20.6. The molecular formula is C20H28ClFN6. The van der Waals surface area contributed by atoms with Crippen LogP contribution in [0.25, 0.3) is 0 Å². The quantitative estimate of drug-likeness (QED) is 0.589. The maximum absolute atomic E-state index is 13.3. The second-order valence-corrected chi connectivity index (χ2v) is 8.19. The third-order valence-corrected chi connectivity index (χ3v) is 5.49. The van der Waals surface area contributed by atoms with Gasteiger partial charge in [0.2, 0.25) is 0 Å². The van der Waals surface area contributed by atoms with Gasteiger partial charge in [0, 0.05) is 37.0 Å². The van der Waals surface area contributed by atoms with Crippen LogP contribution in [0, 0.1) is 5.82 Å². The SMILES string of the molecule is CN=C(NCc1nnc2n1CCCCC2)NCC(C)(C)c1ccc(F)cc1Cl. The molecule has 6 nitrogen and oxygen atoms in total. The van der Waals surface area contributed by atoms with Gasteiger partial charge in [0.25, 0.3) is 0 Å². The highest BCUT2D eigenvalue weighted by Gasteiger charge is 2.24. The van der Waals surface area contributed by atoms with E-state index < -0.39 is 0 Å². The van der Waals surface area contributed by atoms with Gasteiger partial charge in [-0.15, -0.1) is 10.2 Å². The molecule has 152 valence electrons. The molecule has 2 N–H and O–H groups in total. The monoisotopic (exact) mass is 406 g/mol. The highest BCUT2D eigenvalue weighted by atomic mass is 35.5. The molecule has 0 amide bonds. The Kier molecular flexibility index (Phi) is 6.54. The molecule has 1 aromatic carbocycles. The lowest BCUT2D eigenvalue weighted by Crippen LogP contribution is -2.43. The highest BCUT2D eigenvalue weighted by Crippen LogP contribution is 2.29. The molecule has 1 aliphatic heterocycles. The Hall–Kier alpha value is -2.15. The van der Waals surface area contributed by atoms with Gasteiger partial charge in [-0.05, 0) is 30.5 Å². The van der Waals surface area contributed by atoms with Crippen LogP contribution in [-0.2, 0) is 24.9 Å². The van der Waals surface area contributed by atoms with E-state index in [1.165, 1.54) is 25.0 Å². The van der Waals surface area contributed by atoms with Crippen molar-refractivity contribution in [3.05, 3.63) is 46.3 Å². The van der Waals surface area contributed by atoms with Crippen molar-refractivity contribution in [2.24, 2.45) is 4.99 Å². The minimum absolute atomic E-state index is 0.297. The largest absolute Gasteiger partial charge is 0.356 e. The number of rotatable bonds is 5. The van der Waals surface area contributed by atoms with Gasteiger partial charge in [0.05, 0.1) is 6.54 Å². The van der Waals surface area contributed by atoms with Crippen molar-refractivity contribution in [1.82, 2.24) is 25.4 Å². The number of hydrogen-bond acceptors (Lipinski definition) is 3. The summed E-state index contributed by atoms with van der Waals surface area (Å²) >= 11 is 6.24. The molecule has 2 heterocycles. The van der Waals surface area contributed by atoms with Crippen LogP contribution in [0.5, 0.6) is 0 Å². The molecule has 1 aliphatic rings. The number of nitrogens with one attached hydrogen (secondary N) is 2. The van der Waals surface area contributed by atoms with Crippen molar-refractivity contribution in [1.29, 1.82) is 0 Å². The Morgan fingerprint density at radius 2 is 2.07 bits per heavy atom. The van der Waals surface area contributed by atoms with Crippen molar-refractivity contribution in [2.75, 3.05) is 13.6 Å². The van der Waals surface area contributed by atoms with Gasteiger partial charge in [-0.2, -0.15) is 0 Å². The Morgan fingerprint density at radius 1 is 1.25 bits per heavy atom. The lowest BCUT2D eigenvalue weighted by molar-refractivity contribution is 0.506. The fraction of sp³-hybridized carbons (Fsp3) is 0.550. The van der Waals surface area contributed by atoms with Crippen molar-refractivity contribution in [3.8, 4) is 0 Å². The molecule has 0 atom stereocenters. The molecule has 0 bridgehead atoms. The first-order valence-corrected chi connectivity index (χ1v) is 10.1. The van der Waals surface area contributed by atoms with Crippen molar-refractivity contribution in [2.45, 2.75) is 58.0 Å². The van der Waals surface area contributed by atoms with E-state index in [2.05, 4.69) is 44.2 Å². The number of aryl methyl sites for hydroxylation is 1. The van der Waals surface area contributed by atoms with Crippen molar-refractivity contribution in [3.63, 3.8) is 0 Å². The van der Waals surface area contributed by atoms with Crippen LogP contribution in [0.4, 0.5) is 4.39 Å². The highest BCUT2D eigenvalue weighted by molar-refractivity contribution is 6.31. The van der Waals surface area contributed by atoms with Gasteiger partial charge >= 0.3 is 0 Å². The van der Waals surface area contributed by atoms with Gasteiger partial charge in [-0.25, -0.2) is 4.39 Å². The second kappa shape index (κ2) is 8.90. The van der Waals surface area contributed by atoms with Gasteiger partial charge < -0.3 is 15.2 Å². The Morgan fingerprint density at radius 3 is 2.82 bits per heavy atom. The summed E-state index contributed by atoms with van der Waals surface area (Å²) in [7, 11) is 1.73. The predicted octanol–water partition coefficient (Wildman–Crippen LogP) is 3.44. The smallest absolute Gasteiger partial charge is 0.191 e. The zero-order valence-corrected chi connectivity index (χ0v) is 17.5. The standard InChI is InChI=1S/C20H28ClFN6/c1-20(2,15-9-8-14(22)11-16(15)21)13-25-19(23-3)24-12-18-27-26-17-7-5-4-6-10-28(17)18/h8-9,11H,4-7,10,12-13H2,1-3H3,(H2,23,24,25). The van der Waals surface area contributed by atoms with Crippen LogP contribution >= 0.6 is 11.6 Å². The first-order valence-electron chi connectivity index (χ1n) is 9.72. The Labute approximate surface area is 170 Å². The van der Waals surface area contributed by atoms with Crippen molar-refractivity contribution >= 4 is 17.6 Å². The summed E-state index contributed by atoms with van der Waals surface area (Å²) in [5, 5.41) is 15.7. The predicted molar refractivity (Wildman–Crippen MR) is 110 cm³/mol. The van der Waals surface area contributed by atoms with Crippen LogP contribution in [0.1, 0.15) is 50.3 Å². The van der Waals surface area contributed by atoms with E-state index in [1.54, 1.807) is 13.1 Å². The fourth-order valence-electron chi connectivity index (χ4n) is 3.50. The molecule has 0 radical (unpaired) electrons. The average Bonchev–Trinajstić information content (AvgIpc) is 2.88. The van der Waals surface area contributed by atoms with Crippen LogP contribution in [0.15, 0.2) is 23.2 Å². The molecule has 0 spiro atoms. The van der Waals surface area contributed by atoms with Crippen LogP contribution in [-0.4, -0.2) is 34.3 Å².